The van der Waals surface area contributed by atoms with Gasteiger partial charge in [-0.2, -0.15) is 0 Å². The molecule has 1 aromatic carbocycles. The lowest BCUT2D eigenvalue weighted by molar-refractivity contribution is -0.139. The topological polar surface area (TPSA) is 62.3 Å². The first-order valence-electron chi connectivity index (χ1n) is 10.2. The summed E-state index contributed by atoms with van der Waals surface area (Å²) in [5, 5.41) is 0. The Labute approximate surface area is 174 Å². The van der Waals surface area contributed by atoms with Gasteiger partial charge in [-0.1, -0.05) is 24.3 Å². The lowest BCUT2D eigenvalue weighted by atomic mass is 10.1. The predicted octanol–water partition coefficient (Wildman–Crippen LogP) is 2.39. The number of likely N-dealkylation sites (N-methyl/N-ethyl adjacent to an activating group) is 1. The van der Waals surface area contributed by atoms with Gasteiger partial charge in [0.2, 0.25) is 0 Å². The largest absolute Gasteiger partial charge is 0.469 e. The first-order chi connectivity index (χ1) is 13.7. The molecule has 1 saturated heterocycles. The Morgan fingerprint density at radius 2 is 1.76 bits per heavy atom. The Bertz CT molecular complexity index is 679. The second kappa shape index (κ2) is 10.6. The van der Waals surface area contributed by atoms with Crippen molar-refractivity contribution in [3.05, 3.63) is 35.4 Å². The van der Waals surface area contributed by atoms with E-state index in [1.165, 1.54) is 12.7 Å². The van der Waals surface area contributed by atoms with Gasteiger partial charge in [-0.25, -0.2) is 4.79 Å². The average molecular weight is 406 g/mol. The number of benzene rings is 1. The molecule has 162 valence electrons. The molecule has 7 nitrogen and oxygen atoms in total. The lowest BCUT2D eigenvalue weighted by Crippen LogP contribution is -2.51. The van der Waals surface area contributed by atoms with Crippen LogP contribution in [-0.2, 0) is 27.2 Å². The fourth-order valence-electron chi connectivity index (χ4n) is 3.26. The Kier molecular flexibility index (Phi) is 8.46. The highest BCUT2D eigenvalue weighted by molar-refractivity contribution is 5.72. The predicted molar refractivity (Wildman–Crippen MR) is 113 cm³/mol. The summed E-state index contributed by atoms with van der Waals surface area (Å²) in [5.41, 5.74) is 1.70. The van der Waals surface area contributed by atoms with Gasteiger partial charge in [0.15, 0.2) is 0 Å². The monoisotopic (exact) mass is 405 g/mol. The van der Waals surface area contributed by atoms with Gasteiger partial charge in [-0.15, -0.1) is 0 Å². The van der Waals surface area contributed by atoms with Crippen LogP contribution < -0.4 is 0 Å². The number of hydrogen-bond donors (Lipinski definition) is 0. The number of esters is 1. The van der Waals surface area contributed by atoms with Crippen LogP contribution in [0.1, 0.15) is 31.9 Å². The molecule has 7 heteroatoms. The van der Waals surface area contributed by atoms with Gasteiger partial charge < -0.3 is 19.3 Å². The van der Waals surface area contributed by atoms with Crippen molar-refractivity contribution in [2.75, 3.05) is 53.4 Å². The molecule has 1 aromatic rings. The standard InChI is InChI=1S/C22H35N3O4/c1-22(2,3)29-21(27)25-13-11-24(12-14-25)10-9-23(4)17-19-8-6-7-18(15-19)16-20(26)28-5/h6-8,15H,9-14,16-17H2,1-5H3. The van der Waals surface area contributed by atoms with Gasteiger partial charge >= 0.3 is 12.1 Å². The molecular formula is C22H35N3O4. The summed E-state index contributed by atoms with van der Waals surface area (Å²) in [7, 11) is 3.51. The SMILES string of the molecule is COC(=O)Cc1cccc(CN(C)CCN2CCN(C(=O)OC(C)(C)C)CC2)c1. The number of hydrogen-bond acceptors (Lipinski definition) is 6. The summed E-state index contributed by atoms with van der Waals surface area (Å²) in [4.78, 5) is 30.1. The number of carbonyl (C=O) groups is 2. The van der Waals surface area contributed by atoms with Crippen LogP contribution in [0.3, 0.4) is 0 Å². The Hall–Kier alpha value is -2.12. The highest BCUT2D eigenvalue weighted by Gasteiger charge is 2.25. The van der Waals surface area contributed by atoms with Crippen molar-refractivity contribution < 1.29 is 19.1 Å². The molecule has 0 spiro atoms. The van der Waals surface area contributed by atoms with E-state index in [0.29, 0.717) is 19.5 Å². The normalized spacial score (nSPS) is 15.4. The van der Waals surface area contributed by atoms with Crippen LogP contribution >= 0.6 is 0 Å². The molecule has 1 fully saturated rings. The number of nitrogens with zero attached hydrogens (tertiary/aromatic N) is 3. The molecule has 0 atom stereocenters. The Morgan fingerprint density at radius 3 is 2.38 bits per heavy atom. The second-order valence-corrected chi connectivity index (χ2v) is 8.62. The van der Waals surface area contributed by atoms with Crippen molar-refractivity contribution in [1.29, 1.82) is 0 Å². The van der Waals surface area contributed by atoms with Crippen molar-refractivity contribution in [2.45, 2.75) is 39.3 Å². The highest BCUT2D eigenvalue weighted by atomic mass is 16.6. The number of amides is 1. The third-order valence-corrected chi connectivity index (χ3v) is 4.84. The van der Waals surface area contributed by atoms with Crippen LogP contribution in [0.4, 0.5) is 4.79 Å². The quantitative estimate of drug-likeness (QED) is 0.649. The van der Waals surface area contributed by atoms with Gasteiger partial charge in [0.05, 0.1) is 13.5 Å². The van der Waals surface area contributed by atoms with Gasteiger partial charge in [0.25, 0.3) is 0 Å². The lowest BCUT2D eigenvalue weighted by Gasteiger charge is -2.36. The van der Waals surface area contributed by atoms with E-state index in [2.05, 4.69) is 29.0 Å². The second-order valence-electron chi connectivity index (χ2n) is 8.62. The van der Waals surface area contributed by atoms with E-state index in [0.717, 1.165) is 38.3 Å². The summed E-state index contributed by atoms with van der Waals surface area (Å²) >= 11 is 0. The van der Waals surface area contributed by atoms with Crippen molar-refractivity contribution in [2.24, 2.45) is 0 Å². The fourth-order valence-corrected chi connectivity index (χ4v) is 3.26. The summed E-state index contributed by atoms with van der Waals surface area (Å²) in [6.07, 6.45) is 0.0804. The van der Waals surface area contributed by atoms with Crippen molar-refractivity contribution >= 4 is 12.1 Å². The van der Waals surface area contributed by atoms with E-state index in [-0.39, 0.29) is 12.1 Å². The van der Waals surface area contributed by atoms with E-state index >= 15 is 0 Å². The van der Waals surface area contributed by atoms with Crippen LogP contribution in [0.5, 0.6) is 0 Å². The zero-order valence-corrected chi connectivity index (χ0v) is 18.4. The molecule has 0 aromatic heterocycles. The van der Waals surface area contributed by atoms with Crippen molar-refractivity contribution in [3.8, 4) is 0 Å². The molecule has 0 aliphatic carbocycles. The van der Waals surface area contributed by atoms with Gasteiger partial charge in [0, 0.05) is 45.8 Å². The smallest absolute Gasteiger partial charge is 0.410 e. The minimum absolute atomic E-state index is 0.221. The Balaban J connectivity index is 1.72. The molecule has 0 bridgehead atoms. The number of piperazine rings is 1. The molecule has 0 unspecified atom stereocenters. The van der Waals surface area contributed by atoms with Gasteiger partial charge in [0.1, 0.15) is 5.60 Å². The van der Waals surface area contributed by atoms with Crippen LogP contribution in [0.2, 0.25) is 0 Å². The average Bonchev–Trinajstić information content (AvgIpc) is 2.65. The Morgan fingerprint density at radius 1 is 1.10 bits per heavy atom. The summed E-state index contributed by atoms with van der Waals surface area (Å²) < 4.78 is 10.2. The van der Waals surface area contributed by atoms with E-state index in [1.807, 2.05) is 32.9 Å². The molecule has 1 aliphatic rings. The molecule has 29 heavy (non-hydrogen) atoms. The molecule has 1 heterocycles. The first kappa shape index (κ1) is 23.2. The van der Waals surface area contributed by atoms with E-state index < -0.39 is 5.60 Å². The van der Waals surface area contributed by atoms with Crippen LogP contribution in [0.15, 0.2) is 24.3 Å². The first-order valence-corrected chi connectivity index (χ1v) is 10.2. The van der Waals surface area contributed by atoms with E-state index in [4.69, 9.17) is 9.47 Å². The molecule has 2 rings (SSSR count). The molecule has 1 amide bonds. The number of carbonyl (C=O) groups excluding carboxylic acids is 2. The molecule has 0 N–H and O–H groups in total. The number of ether oxygens (including phenoxy) is 2. The molecule has 0 saturated carbocycles. The van der Waals surface area contributed by atoms with Crippen LogP contribution in [0, 0.1) is 0 Å². The van der Waals surface area contributed by atoms with Crippen molar-refractivity contribution in [1.82, 2.24) is 14.7 Å². The number of rotatable bonds is 7. The third kappa shape index (κ3) is 8.41. The summed E-state index contributed by atoms with van der Waals surface area (Å²) in [6.45, 7) is 11.5. The summed E-state index contributed by atoms with van der Waals surface area (Å²) in [6, 6.07) is 8.08. The van der Waals surface area contributed by atoms with Gasteiger partial charge in [-0.05, 0) is 38.9 Å². The van der Waals surface area contributed by atoms with Crippen molar-refractivity contribution in [3.63, 3.8) is 0 Å². The molecule has 1 aliphatic heterocycles. The zero-order valence-electron chi connectivity index (χ0n) is 18.4. The minimum atomic E-state index is -0.453. The zero-order chi connectivity index (χ0) is 21.4. The maximum absolute atomic E-state index is 12.2. The fraction of sp³-hybridized carbons (Fsp3) is 0.636. The highest BCUT2D eigenvalue weighted by Crippen LogP contribution is 2.12. The third-order valence-electron chi connectivity index (χ3n) is 4.84. The van der Waals surface area contributed by atoms with Crippen LogP contribution in [0.25, 0.3) is 0 Å². The minimum Gasteiger partial charge on any atom is -0.469 e. The summed E-state index contributed by atoms with van der Waals surface area (Å²) in [5.74, 6) is -0.221. The maximum Gasteiger partial charge on any atom is 0.410 e. The maximum atomic E-state index is 12.2. The molecular weight excluding hydrogens is 370 g/mol. The number of methoxy groups -OCH3 is 1. The molecule has 0 radical (unpaired) electrons. The van der Waals surface area contributed by atoms with E-state index in [1.54, 1.807) is 4.90 Å². The van der Waals surface area contributed by atoms with E-state index in [9.17, 15) is 9.59 Å². The van der Waals surface area contributed by atoms with Gasteiger partial charge in [-0.3, -0.25) is 9.69 Å². The van der Waals surface area contributed by atoms with Crippen LogP contribution in [-0.4, -0.2) is 85.8 Å².